The van der Waals surface area contributed by atoms with Gasteiger partial charge in [-0.25, -0.2) is 4.98 Å². The number of halogens is 1. The predicted molar refractivity (Wildman–Crippen MR) is 69.6 cm³/mol. The molecule has 0 aliphatic rings. The van der Waals surface area contributed by atoms with Gasteiger partial charge >= 0.3 is 0 Å². The highest BCUT2D eigenvalue weighted by atomic mass is 35.5. The molecule has 90 valence electrons. The van der Waals surface area contributed by atoms with E-state index in [1.54, 1.807) is 17.0 Å². The van der Waals surface area contributed by atoms with Gasteiger partial charge in [-0.2, -0.15) is 0 Å². The lowest BCUT2D eigenvalue weighted by Gasteiger charge is -2.22. The number of hydrogen-bond donors (Lipinski definition) is 0. The molecule has 1 aromatic rings. The van der Waals surface area contributed by atoms with Gasteiger partial charge in [0.25, 0.3) is 5.56 Å². The van der Waals surface area contributed by atoms with Crippen LogP contribution in [0.1, 0.15) is 27.2 Å². The van der Waals surface area contributed by atoms with E-state index in [1.165, 1.54) is 11.8 Å². The summed E-state index contributed by atoms with van der Waals surface area (Å²) in [6, 6.07) is 0. The maximum atomic E-state index is 12.1. The molecule has 3 nitrogen and oxygen atoms in total. The highest BCUT2D eigenvalue weighted by molar-refractivity contribution is 7.99. The van der Waals surface area contributed by atoms with Crippen molar-refractivity contribution in [2.45, 2.75) is 37.8 Å². The lowest BCUT2D eigenvalue weighted by molar-refractivity contribution is 0.377. The standard InChI is InChI=1S/C11H17ClN2OS/c1-11(2,3)14-7-6-13-9(10(14)15)16-8-4-5-12/h6-7H,4-5,8H2,1-3H3. The fraction of sp³-hybridized carbons (Fsp3) is 0.636. The van der Waals surface area contributed by atoms with E-state index in [1.807, 2.05) is 20.8 Å². The topological polar surface area (TPSA) is 34.9 Å². The average Bonchev–Trinajstić information content (AvgIpc) is 2.19. The Morgan fingerprint density at radius 3 is 2.75 bits per heavy atom. The van der Waals surface area contributed by atoms with E-state index in [0.717, 1.165) is 12.2 Å². The monoisotopic (exact) mass is 260 g/mol. The van der Waals surface area contributed by atoms with Crippen LogP contribution in [0.15, 0.2) is 22.2 Å². The van der Waals surface area contributed by atoms with Crippen molar-refractivity contribution >= 4 is 23.4 Å². The van der Waals surface area contributed by atoms with Crippen LogP contribution >= 0.6 is 23.4 Å². The minimum Gasteiger partial charge on any atom is -0.306 e. The van der Waals surface area contributed by atoms with E-state index in [9.17, 15) is 4.79 Å². The number of aromatic nitrogens is 2. The van der Waals surface area contributed by atoms with Crippen molar-refractivity contribution in [3.8, 4) is 0 Å². The quantitative estimate of drug-likeness (QED) is 0.474. The van der Waals surface area contributed by atoms with E-state index in [2.05, 4.69) is 4.98 Å². The molecule has 1 aromatic heterocycles. The first-order valence-corrected chi connectivity index (χ1v) is 6.75. The predicted octanol–water partition coefficient (Wildman–Crippen LogP) is 2.72. The summed E-state index contributed by atoms with van der Waals surface area (Å²) < 4.78 is 1.71. The van der Waals surface area contributed by atoms with Crippen molar-refractivity contribution in [3.63, 3.8) is 0 Å². The van der Waals surface area contributed by atoms with Crippen LogP contribution in [0.5, 0.6) is 0 Å². The third-order valence-electron chi connectivity index (χ3n) is 2.05. The molecule has 0 aliphatic heterocycles. The normalized spacial score (nSPS) is 11.8. The van der Waals surface area contributed by atoms with Gasteiger partial charge in [-0.15, -0.1) is 23.4 Å². The summed E-state index contributed by atoms with van der Waals surface area (Å²) in [4.78, 5) is 16.2. The number of rotatable bonds is 4. The molecule has 0 N–H and O–H groups in total. The van der Waals surface area contributed by atoms with Crippen LogP contribution in [0.3, 0.4) is 0 Å². The highest BCUT2D eigenvalue weighted by Crippen LogP contribution is 2.15. The Balaban J connectivity index is 2.92. The van der Waals surface area contributed by atoms with Crippen molar-refractivity contribution in [1.82, 2.24) is 9.55 Å². The van der Waals surface area contributed by atoms with Gasteiger partial charge in [-0.3, -0.25) is 4.79 Å². The van der Waals surface area contributed by atoms with Gasteiger partial charge in [0, 0.05) is 29.6 Å². The summed E-state index contributed by atoms with van der Waals surface area (Å²) in [6.45, 7) is 6.00. The summed E-state index contributed by atoms with van der Waals surface area (Å²) >= 11 is 7.07. The van der Waals surface area contributed by atoms with Gasteiger partial charge in [0.2, 0.25) is 0 Å². The first kappa shape index (κ1) is 13.6. The van der Waals surface area contributed by atoms with E-state index < -0.39 is 0 Å². The first-order valence-electron chi connectivity index (χ1n) is 5.23. The van der Waals surface area contributed by atoms with Crippen molar-refractivity contribution in [1.29, 1.82) is 0 Å². The second-order valence-electron chi connectivity index (χ2n) is 4.47. The molecule has 0 aliphatic carbocycles. The lowest BCUT2D eigenvalue weighted by Crippen LogP contribution is -2.34. The molecule has 0 bridgehead atoms. The average molecular weight is 261 g/mol. The van der Waals surface area contributed by atoms with Crippen LogP contribution in [0.4, 0.5) is 0 Å². The SMILES string of the molecule is CC(C)(C)n1ccnc(SCCCCl)c1=O. The summed E-state index contributed by atoms with van der Waals surface area (Å²) in [5.41, 5.74) is -0.225. The van der Waals surface area contributed by atoms with Crippen LogP contribution < -0.4 is 5.56 Å². The van der Waals surface area contributed by atoms with E-state index in [4.69, 9.17) is 11.6 Å². The smallest absolute Gasteiger partial charge is 0.283 e. The van der Waals surface area contributed by atoms with Gasteiger partial charge < -0.3 is 4.57 Å². The Morgan fingerprint density at radius 1 is 1.50 bits per heavy atom. The van der Waals surface area contributed by atoms with Gasteiger partial charge in [0.15, 0.2) is 5.03 Å². The molecule has 0 fully saturated rings. The summed E-state index contributed by atoms with van der Waals surface area (Å²) in [5, 5.41) is 0.558. The molecule has 16 heavy (non-hydrogen) atoms. The van der Waals surface area contributed by atoms with Crippen LogP contribution in [0, 0.1) is 0 Å². The minimum atomic E-state index is -0.207. The third-order valence-corrected chi connectivity index (χ3v) is 3.36. The Kier molecular flexibility index (Phi) is 4.87. The first-order chi connectivity index (χ1) is 7.46. The van der Waals surface area contributed by atoms with Crippen molar-refractivity contribution in [2.75, 3.05) is 11.6 Å². The Bertz CT molecular complexity index is 398. The molecule has 0 radical (unpaired) electrons. The summed E-state index contributed by atoms with van der Waals surface area (Å²) in [5.74, 6) is 1.45. The molecule has 5 heteroatoms. The van der Waals surface area contributed by atoms with E-state index >= 15 is 0 Å². The molecule has 0 saturated carbocycles. The maximum absolute atomic E-state index is 12.1. The fourth-order valence-electron chi connectivity index (χ4n) is 1.24. The van der Waals surface area contributed by atoms with Gasteiger partial charge in [0.1, 0.15) is 0 Å². The Labute approximate surface area is 105 Å². The summed E-state index contributed by atoms with van der Waals surface area (Å²) in [7, 11) is 0. The molecule has 0 amide bonds. The Morgan fingerprint density at radius 2 is 2.19 bits per heavy atom. The fourth-order valence-corrected chi connectivity index (χ4v) is 2.38. The highest BCUT2D eigenvalue weighted by Gasteiger charge is 2.16. The second-order valence-corrected chi connectivity index (χ2v) is 5.93. The Hall–Kier alpha value is -0.480. The van der Waals surface area contributed by atoms with Crippen LogP contribution in [-0.2, 0) is 5.54 Å². The van der Waals surface area contributed by atoms with Gasteiger partial charge in [0.05, 0.1) is 0 Å². The van der Waals surface area contributed by atoms with Crippen LogP contribution in [0.25, 0.3) is 0 Å². The number of thioether (sulfide) groups is 1. The molecule has 0 spiro atoms. The second kappa shape index (κ2) is 5.73. The van der Waals surface area contributed by atoms with E-state index in [0.29, 0.717) is 10.9 Å². The zero-order valence-electron chi connectivity index (χ0n) is 9.86. The van der Waals surface area contributed by atoms with Crippen molar-refractivity contribution in [2.24, 2.45) is 0 Å². The molecular formula is C11H17ClN2OS. The molecule has 0 unspecified atom stereocenters. The number of nitrogens with zero attached hydrogens (tertiary/aromatic N) is 2. The molecule has 1 rings (SSSR count). The van der Waals surface area contributed by atoms with Crippen LogP contribution in [-0.4, -0.2) is 21.2 Å². The maximum Gasteiger partial charge on any atom is 0.283 e. The number of hydrogen-bond acceptors (Lipinski definition) is 3. The molecule has 0 saturated heterocycles. The van der Waals surface area contributed by atoms with E-state index in [-0.39, 0.29) is 11.1 Å². The van der Waals surface area contributed by atoms with Crippen molar-refractivity contribution in [3.05, 3.63) is 22.7 Å². The third kappa shape index (κ3) is 3.52. The van der Waals surface area contributed by atoms with Crippen LogP contribution in [0.2, 0.25) is 0 Å². The largest absolute Gasteiger partial charge is 0.306 e. The van der Waals surface area contributed by atoms with Gasteiger partial charge in [-0.05, 0) is 27.2 Å². The van der Waals surface area contributed by atoms with Gasteiger partial charge in [-0.1, -0.05) is 0 Å². The molecular weight excluding hydrogens is 244 g/mol. The molecule has 1 heterocycles. The lowest BCUT2D eigenvalue weighted by atomic mass is 10.1. The number of alkyl halides is 1. The minimum absolute atomic E-state index is 0.0189. The zero-order chi connectivity index (χ0) is 12.2. The molecule has 0 aromatic carbocycles. The molecule has 0 atom stereocenters. The van der Waals surface area contributed by atoms with Crippen molar-refractivity contribution < 1.29 is 0 Å². The zero-order valence-corrected chi connectivity index (χ0v) is 11.4. The summed E-state index contributed by atoms with van der Waals surface area (Å²) in [6.07, 6.45) is 4.29.